The van der Waals surface area contributed by atoms with Gasteiger partial charge in [-0.15, -0.1) is 0 Å². The molecule has 0 saturated heterocycles. The van der Waals surface area contributed by atoms with Crippen molar-refractivity contribution < 1.29 is 5.11 Å². The first-order valence-corrected chi connectivity index (χ1v) is 7.18. The van der Waals surface area contributed by atoms with Gasteiger partial charge in [-0.1, -0.05) is 58.0 Å². The summed E-state index contributed by atoms with van der Waals surface area (Å²) >= 11 is 0. The van der Waals surface area contributed by atoms with E-state index in [4.69, 9.17) is 0 Å². The summed E-state index contributed by atoms with van der Waals surface area (Å²) in [4.78, 5) is 0. The monoisotopic (exact) mass is 269 g/mol. The van der Waals surface area contributed by atoms with E-state index < -0.39 is 0 Å². The molecule has 2 aromatic carbocycles. The van der Waals surface area contributed by atoms with Crippen molar-refractivity contribution in [3.05, 3.63) is 53.6 Å². The van der Waals surface area contributed by atoms with Gasteiger partial charge in [-0.25, -0.2) is 0 Å². The maximum atomic E-state index is 9.97. The van der Waals surface area contributed by atoms with Crippen LogP contribution in [-0.4, -0.2) is 5.11 Å². The number of benzene rings is 2. The van der Waals surface area contributed by atoms with Crippen LogP contribution in [0.5, 0.6) is 5.75 Å². The summed E-state index contributed by atoms with van der Waals surface area (Å²) in [5, 5.41) is 13.4. The molecule has 20 heavy (non-hydrogen) atoms. The molecule has 0 radical (unpaired) electrons. The fourth-order valence-corrected chi connectivity index (χ4v) is 2.41. The predicted molar refractivity (Wildman–Crippen MR) is 86.0 cm³/mol. The first-order valence-electron chi connectivity index (χ1n) is 7.18. The summed E-state index contributed by atoms with van der Waals surface area (Å²) < 4.78 is 0. The normalized spacial score (nSPS) is 11.1. The summed E-state index contributed by atoms with van der Waals surface area (Å²) in [5.74, 6) is 1.14. The zero-order valence-electron chi connectivity index (χ0n) is 12.6. The van der Waals surface area contributed by atoms with Crippen molar-refractivity contribution >= 4 is 11.4 Å². The largest absolute Gasteiger partial charge is 0.506 e. The Morgan fingerprint density at radius 1 is 0.800 bits per heavy atom. The number of hydrogen-bond donors (Lipinski definition) is 2. The lowest BCUT2D eigenvalue weighted by Crippen LogP contribution is -2.03. The Morgan fingerprint density at radius 2 is 1.35 bits per heavy atom. The van der Waals surface area contributed by atoms with Crippen LogP contribution >= 0.6 is 0 Å². The van der Waals surface area contributed by atoms with E-state index in [-0.39, 0.29) is 5.75 Å². The van der Waals surface area contributed by atoms with Gasteiger partial charge in [0.25, 0.3) is 0 Å². The second kappa shape index (κ2) is 6.00. The number of phenols is 1. The van der Waals surface area contributed by atoms with E-state index in [2.05, 4.69) is 51.2 Å². The number of anilines is 2. The molecule has 2 rings (SSSR count). The van der Waals surface area contributed by atoms with Crippen molar-refractivity contribution in [3.8, 4) is 5.75 Å². The zero-order valence-corrected chi connectivity index (χ0v) is 12.6. The zero-order chi connectivity index (χ0) is 14.7. The van der Waals surface area contributed by atoms with Crippen LogP contribution in [0.3, 0.4) is 0 Å². The van der Waals surface area contributed by atoms with Gasteiger partial charge in [0.15, 0.2) is 0 Å². The summed E-state index contributed by atoms with van der Waals surface area (Å²) in [6.07, 6.45) is 0. The van der Waals surface area contributed by atoms with E-state index in [0.29, 0.717) is 11.8 Å². The second-order valence-corrected chi connectivity index (χ2v) is 5.76. The third-order valence-corrected chi connectivity index (χ3v) is 3.54. The van der Waals surface area contributed by atoms with Crippen molar-refractivity contribution in [2.45, 2.75) is 39.5 Å². The predicted octanol–water partition coefficient (Wildman–Crippen LogP) is 5.38. The minimum atomic E-state index is 0.278. The van der Waals surface area contributed by atoms with Crippen molar-refractivity contribution in [1.82, 2.24) is 0 Å². The molecule has 0 atom stereocenters. The van der Waals surface area contributed by atoms with E-state index in [9.17, 15) is 5.11 Å². The topological polar surface area (TPSA) is 32.3 Å². The van der Waals surface area contributed by atoms with Crippen molar-refractivity contribution in [3.63, 3.8) is 0 Å². The van der Waals surface area contributed by atoms with Crippen molar-refractivity contribution in [2.75, 3.05) is 5.32 Å². The highest BCUT2D eigenvalue weighted by Gasteiger charge is 2.14. The fraction of sp³-hybridized carbons (Fsp3) is 0.333. The van der Waals surface area contributed by atoms with Crippen LogP contribution in [0.1, 0.15) is 50.7 Å². The van der Waals surface area contributed by atoms with E-state index in [1.807, 2.05) is 18.2 Å². The lowest BCUT2D eigenvalue weighted by atomic mass is 9.92. The number of nitrogens with one attached hydrogen (secondary N) is 1. The highest BCUT2D eigenvalue weighted by atomic mass is 16.3. The lowest BCUT2D eigenvalue weighted by Gasteiger charge is -2.21. The Hall–Kier alpha value is -1.96. The quantitative estimate of drug-likeness (QED) is 0.730. The molecule has 0 bridgehead atoms. The highest BCUT2D eigenvalue weighted by Crippen LogP contribution is 2.36. The van der Waals surface area contributed by atoms with Gasteiger partial charge >= 0.3 is 0 Å². The van der Waals surface area contributed by atoms with Gasteiger partial charge in [-0.3, -0.25) is 0 Å². The van der Waals surface area contributed by atoms with Crippen LogP contribution in [0.4, 0.5) is 11.4 Å². The van der Waals surface area contributed by atoms with Crippen LogP contribution in [0.15, 0.2) is 42.5 Å². The molecular formula is C18H23NO. The van der Waals surface area contributed by atoms with Crippen molar-refractivity contribution in [2.24, 2.45) is 0 Å². The molecule has 2 heteroatoms. The third-order valence-electron chi connectivity index (χ3n) is 3.54. The van der Waals surface area contributed by atoms with E-state index in [0.717, 1.165) is 11.4 Å². The highest BCUT2D eigenvalue weighted by molar-refractivity contribution is 5.71. The minimum absolute atomic E-state index is 0.278. The van der Waals surface area contributed by atoms with Crippen molar-refractivity contribution in [1.29, 1.82) is 0 Å². The summed E-state index contributed by atoms with van der Waals surface area (Å²) in [5.41, 5.74) is 4.43. The molecular weight excluding hydrogens is 246 g/mol. The second-order valence-electron chi connectivity index (χ2n) is 5.76. The number of hydrogen-bond acceptors (Lipinski definition) is 2. The van der Waals surface area contributed by atoms with Crippen LogP contribution in [0.25, 0.3) is 0 Å². The third kappa shape index (κ3) is 2.96. The van der Waals surface area contributed by atoms with Crippen LogP contribution in [-0.2, 0) is 0 Å². The van der Waals surface area contributed by atoms with Gasteiger partial charge < -0.3 is 10.4 Å². The van der Waals surface area contributed by atoms with E-state index in [1.54, 1.807) is 6.07 Å². The summed E-state index contributed by atoms with van der Waals surface area (Å²) in [7, 11) is 0. The Balaban J connectivity index is 2.51. The minimum Gasteiger partial charge on any atom is -0.506 e. The molecule has 2 N–H and O–H groups in total. The van der Waals surface area contributed by atoms with Gasteiger partial charge in [0.2, 0.25) is 0 Å². The number of phenolic OH excluding ortho intramolecular Hbond substituents is 1. The van der Waals surface area contributed by atoms with E-state index in [1.165, 1.54) is 11.1 Å². The van der Waals surface area contributed by atoms with Gasteiger partial charge in [0, 0.05) is 5.69 Å². The number of para-hydroxylation sites is 3. The lowest BCUT2D eigenvalue weighted by molar-refractivity contribution is 0.477. The Bertz CT molecular complexity index is 561. The molecule has 0 aliphatic rings. The van der Waals surface area contributed by atoms with Gasteiger partial charge in [-0.05, 0) is 35.1 Å². The maximum absolute atomic E-state index is 9.97. The molecule has 0 fully saturated rings. The molecule has 0 aromatic heterocycles. The molecule has 106 valence electrons. The van der Waals surface area contributed by atoms with Gasteiger partial charge in [0.1, 0.15) is 5.75 Å². The number of rotatable bonds is 4. The average Bonchev–Trinajstić information content (AvgIpc) is 2.41. The standard InChI is InChI=1S/C18H23NO/c1-12(2)14-8-7-9-15(13(3)4)18(14)19-16-10-5-6-11-17(16)20/h5-13,19-20H,1-4H3. The molecule has 2 nitrogen and oxygen atoms in total. The van der Waals surface area contributed by atoms with Crippen LogP contribution in [0.2, 0.25) is 0 Å². The van der Waals surface area contributed by atoms with E-state index >= 15 is 0 Å². The maximum Gasteiger partial charge on any atom is 0.139 e. The smallest absolute Gasteiger partial charge is 0.139 e. The molecule has 0 heterocycles. The molecule has 2 aromatic rings. The fourth-order valence-electron chi connectivity index (χ4n) is 2.41. The summed E-state index contributed by atoms with van der Waals surface area (Å²) in [6.45, 7) is 8.76. The molecule has 0 spiro atoms. The molecule has 0 amide bonds. The molecule has 0 aliphatic heterocycles. The first-order chi connectivity index (χ1) is 9.50. The Kier molecular flexibility index (Phi) is 4.33. The molecule has 0 aliphatic carbocycles. The van der Waals surface area contributed by atoms with Crippen LogP contribution < -0.4 is 5.32 Å². The molecule has 0 saturated carbocycles. The Labute approximate surface area is 121 Å². The van der Waals surface area contributed by atoms with Gasteiger partial charge in [-0.2, -0.15) is 0 Å². The van der Waals surface area contributed by atoms with Crippen LogP contribution in [0, 0.1) is 0 Å². The SMILES string of the molecule is CC(C)c1cccc(C(C)C)c1Nc1ccccc1O. The number of aromatic hydroxyl groups is 1. The summed E-state index contributed by atoms with van der Waals surface area (Å²) in [6, 6.07) is 13.8. The Morgan fingerprint density at radius 3 is 1.85 bits per heavy atom. The first kappa shape index (κ1) is 14.4. The van der Waals surface area contributed by atoms with Gasteiger partial charge in [0.05, 0.1) is 5.69 Å². The average molecular weight is 269 g/mol. The molecule has 0 unspecified atom stereocenters.